The maximum Gasteiger partial charge on any atom is 0.463 e. The molecule has 0 spiro atoms. The molecule has 0 fully saturated rings. The van der Waals surface area contributed by atoms with Crippen LogP contribution in [0.25, 0.3) is 0 Å². The molecule has 21 heavy (non-hydrogen) atoms. The van der Waals surface area contributed by atoms with E-state index in [-0.39, 0.29) is 5.56 Å². The number of carbonyl (C=O) groups excluding carboxylic acids is 1. The number of nitro groups is 1. The lowest BCUT2D eigenvalue weighted by molar-refractivity contribution is -0.384. The number of rotatable bonds is 3. The number of hydrogen-bond acceptors (Lipinski definition) is 4. The Kier molecular flexibility index (Phi) is 4.12. The molecule has 0 aliphatic heterocycles. The Bertz CT molecular complexity index is 636. The van der Waals surface area contributed by atoms with Crippen molar-refractivity contribution in [2.24, 2.45) is 0 Å². The van der Waals surface area contributed by atoms with Gasteiger partial charge in [-0.2, -0.15) is 27.2 Å². The van der Waals surface area contributed by atoms with Crippen molar-refractivity contribution in [3.8, 4) is 6.07 Å². The molecule has 1 aromatic rings. The van der Waals surface area contributed by atoms with Crippen LogP contribution in [0, 0.1) is 21.4 Å². The van der Waals surface area contributed by atoms with Crippen molar-refractivity contribution in [2.75, 3.05) is 5.32 Å². The van der Waals surface area contributed by atoms with Crippen LogP contribution in [0.5, 0.6) is 0 Å². The largest absolute Gasteiger partial charge is 0.463 e. The van der Waals surface area contributed by atoms with E-state index in [1.807, 2.05) is 0 Å². The van der Waals surface area contributed by atoms with E-state index in [1.54, 1.807) is 0 Å². The van der Waals surface area contributed by atoms with E-state index in [1.165, 1.54) is 6.07 Å². The molecule has 0 heterocycles. The van der Waals surface area contributed by atoms with E-state index in [0.717, 1.165) is 11.4 Å². The quantitative estimate of drug-likeness (QED) is 0.527. The second-order valence-electron chi connectivity index (χ2n) is 3.63. The third-order valence-electron chi connectivity index (χ3n) is 2.21. The Morgan fingerprint density at radius 1 is 1.29 bits per heavy atom. The lowest BCUT2D eigenvalue weighted by atomic mass is 10.2. The maximum atomic E-state index is 12.7. The standard InChI is InChI=1S/C10H4F5N3O3/c11-9(12,10(13,14)15)8(19)17-6-2-1-5(4-16)3-7(6)18(20)21/h1-3H,(H,17,19). The number of hydrogen-bond donors (Lipinski definition) is 1. The maximum absolute atomic E-state index is 12.7. The van der Waals surface area contributed by atoms with Crippen LogP contribution in [0.2, 0.25) is 0 Å². The molecule has 1 N–H and O–H groups in total. The fraction of sp³-hybridized carbons (Fsp3) is 0.200. The minimum atomic E-state index is -6.14. The lowest BCUT2D eigenvalue weighted by Gasteiger charge is -2.18. The Labute approximate surface area is 112 Å². The van der Waals surface area contributed by atoms with Crippen LogP contribution < -0.4 is 5.32 Å². The summed E-state index contributed by atoms with van der Waals surface area (Å²) in [6.07, 6.45) is -6.14. The summed E-state index contributed by atoms with van der Waals surface area (Å²) in [6.45, 7) is 0. The summed E-state index contributed by atoms with van der Waals surface area (Å²) in [5.74, 6) is -8.47. The topological polar surface area (TPSA) is 96.0 Å². The van der Waals surface area contributed by atoms with E-state index < -0.39 is 34.3 Å². The van der Waals surface area contributed by atoms with E-state index >= 15 is 0 Å². The lowest BCUT2D eigenvalue weighted by Crippen LogP contribution is -2.47. The fourth-order valence-electron chi connectivity index (χ4n) is 1.19. The van der Waals surface area contributed by atoms with E-state index in [4.69, 9.17) is 5.26 Å². The van der Waals surface area contributed by atoms with Crippen LogP contribution in [-0.2, 0) is 4.79 Å². The molecule has 0 bridgehead atoms. The van der Waals surface area contributed by atoms with Crippen molar-refractivity contribution in [1.82, 2.24) is 0 Å². The minimum absolute atomic E-state index is 0.234. The predicted molar refractivity (Wildman–Crippen MR) is 57.4 cm³/mol. The number of alkyl halides is 5. The average Bonchev–Trinajstić information content (AvgIpc) is 2.37. The van der Waals surface area contributed by atoms with Gasteiger partial charge in [-0.25, -0.2) is 0 Å². The van der Waals surface area contributed by atoms with Gasteiger partial charge in [-0.15, -0.1) is 0 Å². The number of amides is 1. The van der Waals surface area contributed by atoms with Crippen molar-refractivity contribution >= 4 is 17.3 Å². The predicted octanol–water partition coefficient (Wildman–Crippen LogP) is 2.60. The first-order valence-corrected chi connectivity index (χ1v) is 4.95. The SMILES string of the molecule is N#Cc1ccc(NC(=O)C(F)(F)C(F)(F)F)c([N+](=O)[O-])c1. The number of anilines is 1. The van der Waals surface area contributed by atoms with Crippen LogP contribution in [0.3, 0.4) is 0 Å². The molecule has 0 saturated carbocycles. The highest BCUT2D eigenvalue weighted by atomic mass is 19.4. The van der Waals surface area contributed by atoms with Crippen LogP contribution >= 0.6 is 0 Å². The Balaban J connectivity index is 3.18. The highest BCUT2D eigenvalue weighted by Crippen LogP contribution is 2.37. The number of nitrogens with one attached hydrogen (secondary N) is 1. The molecular formula is C10H4F5N3O3. The van der Waals surface area contributed by atoms with Crippen LogP contribution in [0.4, 0.5) is 33.3 Å². The molecule has 11 heteroatoms. The van der Waals surface area contributed by atoms with Crippen molar-refractivity contribution in [2.45, 2.75) is 12.1 Å². The first kappa shape index (κ1) is 16.3. The Hall–Kier alpha value is -2.77. The minimum Gasteiger partial charge on any atom is -0.315 e. The molecule has 0 unspecified atom stereocenters. The molecule has 112 valence electrons. The van der Waals surface area contributed by atoms with Crippen LogP contribution in [0.15, 0.2) is 18.2 Å². The highest BCUT2D eigenvalue weighted by molar-refractivity contribution is 5.98. The third-order valence-corrected chi connectivity index (χ3v) is 2.21. The summed E-state index contributed by atoms with van der Waals surface area (Å²) in [4.78, 5) is 20.5. The number of nitro benzene ring substituents is 1. The van der Waals surface area contributed by atoms with Gasteiger partial charge < -0.3 is 5.32 Å². The number of benzene rings is 1. The smallest absolute Gasteiger partial charge is 0.315 e. The van der Waals surface area contributed by atoms with Crippen molar-refractivity contribution in [3.05, 3.63) is 33.9 Å². The number of halogens is 5. The van der Waals surface area contributed by atoms with Crippen LogP contribution in [0.1, 0.15) is 5.56 Å². The van der Waals surface area contributed by atoms with Gasteiger partial charge in [0.25, 0.3) is 5.69 Å². The molecule has 0 radical (unpaired) electrons. The molecule has 0 aromatic heterocycles. The number of nitrogens with zero attached hydrogens (tertiary/aromatic N) is 2. The molecule has 1 rings (SSSR count). The summed E-state index contributed by atoms with van der Waals surface area (Å²) in [5, 5.41) is 20.3. The summed E-state index contributed by atoms with van der Waals surface area (Å²) in [5.41, 5.74) is -2.10. The van der Waals surface area contributed by atoms with Crippen molar-refractivity contribution in [1.29, 1.82) is 5.26 Å². The van der Waals surface area contributed by atoms with Gasteiger partial charge in [-0.3, -0.25) is 14.9 Å². The van der Waals surface area contributed by atoms with Crippen molar-refractivity contribution in [3.63, 3.8) is 0 Å². The van der Waals surface area contributed by atoms with Gasteiger partial charge in [0.05, 0.1) is 16.6 Å². The third kappa shape index (κ3) is 3.22. The van der Waals surface area contributed by atoms with E-state index in [2.05, 4.69) is 0 Å². The van der Waals surface area contributed by atoms with Crippen molar-refractivity contribution < 1.29 is 31.7 Å². The second-order valence-corrected chi connectivity index (χ2v) is 3.63. The molecular weight excluding hydrogens is 305 g/mol. The van der Waals surface area contributed by atoms with E-state index in [9.17, 15) is 36.9 Å². The molecule has 0 aliphatic carbocycles. The summed E-state index contributed by atoms with van der Waals surface area (Å²) in [6, 6.07) is 3.73. The average molecular weight is 309 g/mol. The van der Waals surface area contributed by atoms with Gasteiger partial charge in [0, 0.05) is 6.07 Å². The fourth-order valence-corrected chi connectivity index (χ4v) is 1.19. The first-order chi connectivity index (χ1) is 9.50. The summed E-state index contributed by atoms with van der Waals surface area (Å²) < 4.78 is 61.4. The molecule has 0 aliphatic rings. The zero-order valence-corrected chi connectivity index (χ0v) is 9.74. The molecule has 1 amide bonds. The zero-order valence-electron chi connectivity index (χ0n) is 9.74. The summed E-state index contributed by atoms with van der Waals surface area (Å²) in [7, 11) is 0. The molecule has 0 atom stereocenters. The Morgan fingerprint density at radius 3 is 2.29 bits per heavy atom. The number of nitriles is 1. The van der Waals surface area contributed by atoms with Gasteiger partial charge in [-0.05, 0) is 12.1 Å². The van der Waals surface area contributed by atoms with Gasteiger partial charge >= 0.3 is 18.0 Å². The molecule has 0 saturated heterocycles. The highest BCUT2D eigenvalue weighted by Gasteiger charge is 2.63. The second kappa shape index (κ2) is 5.31. The Morgan fingerprint density at radius 2 is 1.86 bits per heavy atom. The van der Waals surface area contributed by atoms with Gasteiger partial charge in [0.2, 0.25) is 0 Å². The van der Waals surface area contributed by atoms with Gasteiger partial charge in [-0.1, -0.05) is 0 Å². The van der Waals surface area contributed by atoms with E-state index in [0.29, 0.717) is 12.1 Å². The first-order valence-electron chi connectivity index (χ1n) is 4.95. The van der Waals surface area contributed by atoms with Crippen LogP contribution in [-0.4, -0.2) is 22.9 Å². The summed E-state index contributed by atoms with van der Waals surface area (Å²) >= 11 is 0. The normalized spacial score (nSPS) is 11.6. The molecule has 6 nitrogen and oxygen atoms in total. The van der Waals surface area contributed by atoms with Gasteiger partial charge in [0.1, 0.15) is 5.69 Å². The zero-order chi connectivity index (χ0) is 16.4. The molecule has 1 aromatic carbocycles. The van der Waals surface area contributed by atoms with Gasteiger partial charge in [0.15, 0.2) is 0 Å². The number of carbonyl (C=O) groups is 1. The monoisotopic (exact) mass is 309 g/mol.